The molecule has 0 fully saturated rings. The molecule has 0 aliphatic carbocycles. The number of nitrogens with zero attached hydrogens (tertiary/aromatic N) is 2. The van der Waals surface area contributed by atoms with Crippen LogP contribution in [0, 0.1) is 0 Å². The summed E-state index contributed by atoms with van der Waals surface area (Å²) in [5.41, 5.74) is 1.03. The molecular weight excluding hydrogens is 302 g/mol. The number of aryl methyl sites for hydroxylation is 1. The van der Waals surface area contributed by atoms with Crippen LogP contribution in [0.3, 0.4) is 0 Å². The van der Waals surface area contributed by atoms with Gasteiger partial charge >= 0.3 is 0 Å². The highest BCUT2D eigenvalue weighted by atomic mass is 79.9. The SMILES string of the molecule is CNC(c1sccc1Br)c1c(OC)cnn1C. The van der Waals surface area contributed by atoms with Crippen LogP contribution in [0.4, 0.5) is 0 Å². The molecule has 0 spiro atoms. The summed E-state index contributed by atoms with van der Waals surface area (Å²) in [6.45, 7) is 0. The summed E-state index contributed by atoms with van der Waals surface area (Å²) in [7, 11) is 5.52. The monoisotopic (exact) mass is 315 g/mol. The topological polar surface area (TPSA) is 39.1 Å². The van der Waals surface area contributed by atoms with Crippen molar-refractivity contribution in [2.75, 3.05) is 14.2 Å². The molecule has 0 aliphatic rings. The second kappa shape index (κ2) is 5.20. The molecule has 1 N–H and O–H groups in total. The number of hydrogen-bond acceptors (Lipinski definition) is 4. The standard InChI is InChI=1S/C11H14BrN3OS/c1-13-9(11-7(12)4-5-17-11)10-8(16-3)6-14-15(10)2/h4-6,9,13H,1-3H3. The molecule has 0 aromatic carbocycles. The number of rotatable bonds is 4. The van der Waals surface area contributed by atoms with Gasteiger partial charge in [0.25, 0.3) is 0 Å². The van der Waals surface area contributed by atoms with Gasteiger partial charge in [0.05, 0.1) is 19.3 Å². The first-order valence-electron chi connectivity index (χ1n) is 5.15. The number of methoxy groups -OCH3 is 1. The Bertz CT molecular complexity index is 509. The second-order valence-corrected chi connectivity index (χ2v) is 5.38. The molecule has 2 rings (SSSR count). The highest BCUT2D eigenvalue weighted by Crippen LogP contribution is 2.36. The van der Waals surface area contributed by atoms with Crippen LogP contribution in [0.2, 0.25) is 0 Å². The highest BCUT2D eigenvalue weighted by molar-refractivity contribution is 9.10. The Morgan fingerprint density at radius 1 is 1.59 bits per heavy atom. The van der Waals surface area contributed by atoms with E-state index in [1.807, 2.05) is 24.8 Å². The van der Waals surface area contributed by atoms with Crippen molar-refractivity contribution in [1.82, 2.24) is 15.1 Å². The van der Waals surface area contributed by atoms with Gasteiger partial charge in [-0.05, 0) is 34.4 Å². The van der Waals surface area contributed by atoms with Crippen LogP contribution in [0.15, 0.2) is 22.1 Å². The second-order valence-electron chi connectivity index (χ2n) is 3.58. The Morgan fingerprint density at radius 2 is 2.35 bits per heavy atom. The minimum absolute atomic E-state index is 0.0758. The number of halogens is 1. The van der Waals surface area contributed by atoms with Crippen molar-refractivity contribution in [2.24, 2.45) is 7.05 Å². The highest BCUT2D eigenvalue weighted by Gasteiger charge is 2.23. The lowest BCUT2D eigenvalue weighted by molar-refractivity contribution is 0.403. The van der Waals surface area contributed by atoms with Crippen molar-refractivity contribution < 1.29 is 4.74 Å². The average Bonchev–Trinajstić information content (AvgIpc) is 2.89. The number of aromatic nitrogens is 2. The first kappa shape index (κ1) is 12.6. The Balaban J connectivity index is 2.49. The fourth-order valence-electron chi connectivity index (χ4n) is 1.82. The Labute approximate surface area is 113 Å². The van der Waals surface area contributed by atoms with E-state index in [1.54, 1.807) is 24.6 Å². The summed E-state index contributed by atoms with van der Waals surface area (Å²) in [6, 6.07) is 2.12. The molecule has 92 valence electrons. The number of thiophene rings is 1. The Hall–Kier alpha value is -0.850. The van der Waals surface area contributed by atoms with Crippen LogP contribution in [0.5, 0.6) is 5.75 Å². The van der Waals surface area contributed by atoms with E-state index in [0.717, 1.165) is 15.9 Å². The molecule has 0 bridgehead atoms. The van der Waals surface area contributed by atoms with Gasteiger partial charge in [0.2, 0.25) is 0 Å². The Kier molecular flexibility index (Phi) is 3.86. The maximum Gasteiger partial charge on any atom is 0.161 e. The molecule has 2 heterocycles. The molecule has 0 saturated heterocycles. The molecule has 1 atom stereocenters. The van der Waals surface area contributed by atoms with Gasteiger partial charge in [0.1, 0.15) is 5.69 Å². The van der Waals surface area contributed by atoms with E-state index in [4.69, 9.17) is 4.74 Å². The molecule has 0 amide bonds. The minimum Gasteiger partial charge on any atom is -0.493 e. The van der Waals surface area contributed by atoms with Gasteiger partial charge in [-0.1, -0.05) is 0 Å². The van der Waals surface area contributed by atoms with Gasteiger partial charge in [0.15, 0.2) is 5.75 Å². The zero-order valence-electron chi connectivity index (χ0n) is 9.90. The van der Waals surface area contributed by atoms with Crippen molar-refractivity contribution in [2.45, 2.75) is 6.04 Å². The van der Waals surface area contributed by atoms with Gasteiger partial charge in [-0.3, -0.25) is 4.68 Å². The molecule has 2 aromatic rings. The molecule has 0 aliphatic heterocycles. The van der Waals surface area contributed by atoms with Gasteiger partial charge in [-0.2, -0.15) is 5.10 Å². The fraction of sp³-hybridized carbons (Fsp3) is 0.364. The smallest absolute Gasteiger partial charge is 0.161 e. The van der Waals surface area contributed by atoms with Gasteiger partial charge in [0, 0.05) is 16.4 Å². The average molecular weight is 316 g/mol. The molecule has 0 saturated carbocycles. The summed E-state index contributed by atoms with van der Waals surface area (Å²) < 4.78 is 8.29. The van der Waals surface area contributed by atoms with Crippen LogP contribution in [0.1, 0.15) is 16.6 Å². The van der Waals surface area contributed by atoms with E-state index in [2.05, 4.69) is 31.7 Å². The third-order valence-corrected chi connectivity index (χ3v) is 4.57. The lowest BCUT2D eigenvalue weighted by Gasteiger charge is -2.17. The van der Waals surface area contributed by atoms with E-state index in [9.17, 15) is 0 Å². The first-order chi connectivity index (χ1) is 8.19. The van der Waals surface area contributed by atoms with Crippen molar-refractivity contribution in [1.29, 1.82) is 0 Å². The maximum atomic E-state index is 5.35. The van der Waals surface area contributed by atoms with Crippen LogP contribution in [-0.4, -0.2) is 23.9 Å². The molecule has 6 heteroatoms. The third kappa shape index (κ3) is 2.25. The van der Waals surface area contributed by atoms with E-state index in [1.165, 1.54) is 4.88 Å². The van der Waals surface area contributed by atoms with Crippen molar-refractivity contribution in [3.8, 4) is 5.75 Å². The molecule has 1 unspecified atom stereocenters. The van der Waals surface area contributed by atoms with Crippen molar-refractivity contribution in [3.05, 3.63) is 32.7 Å². The van der Waals surface area contributed by atoms with Crippen molar-refractivity contribution in [3.63, 3.8) is 0 Å². The van der Waals surface area contributed by atoms with Gasteiger partial charge < -0.3 is 10.1 Å². The lowest BCUT2D eigenvalue weighted by atomic mass is 10.1. The van der Waals surface area contributed by atoms with E-state index >= 15 is 0 Å². The van der Waals surface area contributed by atoms with Crippen LogP contribution in [-0.2, 0) is 7.05 Å². The largest absolute Gasteiger partial charge is 0.493 e. The lowest BCUT2D eigenvalue weighted by Crippen LogP contribution is -2.20. The molecule has 2 aromatic heterocycles. The fourth-order valence-corrected chi connectivity index (χ4v) is 3.53. The normalized spacial score (nSPS) is 12.7. The zero-order chi connectivity index (χ0) is 12.4. The van der Waals surface area contributed by atoms with E-state index in [0.29, 0.717) is 0 Å². The van der Waals surface area contributed by atoms with E-state index < -0.39 is 0 Å². The maximum absolute atomic E-state index is 5.35. The number of hydrogen-bond donors (Lipinski definition) is 1. The summed E-state index contributed by atoms with van der Waals surface area (Å²) >= 11 is 5.27. The quantitative estimate of drug-likeness (QED) is 0.942. The predicted molar refractivity (Wildman–Crippen MR) is 72.7 cm³/mol. The third-order valence-electron chi connectivity index (χ3n) is 2.64. The molecular formula is C11H14BrN3OS. The predicted octanol–water partition coefficient (Wildman–Crippen LogP) is 2.56. The van der Waals surface area contributed by atoms with E-state index in [-0.39, 0.29) is 6.04 Å². The van der Waals surface area contributed by atoms with Crippen LogP contribution >= 0.6 is 27.3 Å². The van der Waals surface area contributed by atoms with Gasteiger partial charge in [-0.25, -0.2) is 0 Å². The van der Waals surface area contributed by atoms with Crippen LogP contribution in [0.25, 0.3) is 0 Å². The minimum atomic E-state index is 0.0758. The summed E-state index contributed by atoms with van der Waals surface area (Å²) in [5.74, 6) is 0.798. The van der Waals surface area contributed by atoms with Crippen LogP contribution < -0.4 is 10.1 Å². The number of nitrogens with one attached hydrogen (secondary N) is 1. The summed E-state index contributed by atoms with van der Waals surface area (Å²) in [5, 5.41) is 9.60. The molecule has 0 radical (unpaired) electrons. The van der Waals surface area contributed by atoms with Crippen molar-refractivity contribution >= 4 is 27.3 Å². The summed E-state index contributed by atoms with van der Waals surface area (Å²) in [4.78, 5) is 1.22. The zero-order valence-corrected chi connectivity index (χ0v) is 12.3. The van der Waals surface area contributed by atoms with Gasteiger partial charge in [-0.15, -0.1) is 11.3 Å². The number of ether oxygens (including phenoxy) is 1. The first-order valence-corrected chi connectivity index (χ1v) is 6.82. The summed E-state index contributed by atoms with van der Waals surface area (Å²) in [6.07, 6.45) is 1.74. The molecule has 4 nitrogen and oxygen atoms in total. The molecule has 17 heavy (non-hydrogen) atoms. The Morgan fingerprint density at radius 3 is 2.88 bits per heavy atom.